The van der Waals surface area contributed by atoms with Crippen molar-refractivity contribution in [2.75, 3.05) is 19.8 Å². The van der Waals surface area contributed by atoms with Gasteiger partial charge in [0.2, 0.25) is 6.10 Å². The van der Waals surface area contributed by atoms with Crippen molar-refractivity contribution < 1.29 is 14.3 Å². The summed E-state index contributed by atoms with van der Waals surface area (Å²) in [5.41, 5.74) is 5.79. The van der Waals surface area contributed by atoms with Crippen LogP contribution in [0.3, 0.4) is 0 Å². The molecule has 1 atom stereocenters. The average molecular weight is 403 g/mol. The summed E-state index contributed by atoms with van der Waals surface area (Å²) in [5, 5.41) is -0.443. The van der Waals surface area contributed by atoms with Gasteiger partial charge < -0.3 is 15.4 Å². The highest BCUT2D eigenvalue weighted by Crippen LogP contribution is 2.35. The number of benzene rings is 1. The van der Waals surface area contributed by atoms with Crippen LogP contribution in [0.5, 0.6) is 0 Å². The van der Waals surface area contributed by atoms with Crippen molar-refractivity contribution in [1.29, 1.82) is 0 Å². The molecule has 132 valence electrons. The maximum absolute atomic E-state index is 12.5. The number of esters is 1. The molecule has 0 aliphatic heterocycles. The highest BCUT2D eigenvalue weighted by molar-refractivity contribution is 6.46. The number of hydrogen-bond donors (Lipinski definition) is 1. The number of amides is 1. The number of pyridine rings is 1. The van der Waals surface area contributed by atoms with Crippen LogP contribution in [-0.2, 0) is 9.53 Å². The Morgan fingerprint density at radius 3 is 2.28 bits per heavy atom. The Kier molecular flexibility index (Phi) is 6.11. The average Bonchev–Trinajstić information content (AvgIpc) is 2.60. The van der Waals surface area contributed by atoms with E-state index in [1.807, 2.05) is 0 Å². The Morgan fingerprint density at radius 2 is 1.72 bits per heavy atom. The number of anilines is 1. The largest absolute Gasteiger partial charge is 0.443 e. The lowest BCUT2D eigenvalue weighted by atomic mass is 10.1. The molecule has 2 aromatic rings. The number of nitrogens with two attached hydrogens (primary N) is 1. The molecule has 0 saturated heterocycles. The van der Waals surface area contributed by atoms with Crippen molar-refractivity contribution >= 4 is 52.4 Å². The van der Waals surface area contributed by atoms with E-state index in [2.05, 4.69) is 4.98 Å². The van der Waals surface area contributed by atoms with E-state index >= 15 is 0 Å². The molecule has 0 unspecified atom stereocenters. The predicted molar refractivity (Wildman–Crippen MR) is 97.0 cm³/mol. The number of rotatable bonds is 4. The molecule has 9 heteroatoms. The normalized spacial score (nSPS) is 11.7. The van der Waals surface area contributed by atoms with Gasteiger partial charge in [-0.05, 0) is 0 Å². The fourth-order valence-corrected chi connectivity index (χ4v) is 2.54. The zero-order chi connectivity index (χ0) is 18.7. The van der Waals surface area contributed by atoms with Crippen molar-refractivity contribution in [2.45, 2.75) is 6.10 Å². The first kappa shape index (κ1) is 19.3. The van der Waals surface area contributed by atoms with Crippen LogP contribution in [0.2, 0.25) is 15.2 Å². The maximum Gasteiger partial charge on any atom is 0.359 e. The molecule has 0 aliphatic rings. The zero-order valence-corrected chi connectivity index (χ0v) is 15.6. The summed E-state index contributed by atoms with van der Waals surface area (Å²) in [6.07, 6.45) is -1.17. The molecular weight excluding hydrogens is 389 g/mol. The third-order valence-corrected chi connectivity index (χ3v) is 4.39. The summed E-state index contributed by atoms with van der Waals surface area (Å²) in [5.74, 6) is -1.37. The van der Waals surface area contributed by atoms with Gasteiger partial charge in [0.05, 0.1) is 10.7 Å². The number of ether oxygens (including phenoxy) is 1. The van der Waals surface area contributed by atoms with E-state index in [9.17, 15) is 9.59 Å². The van der Waals surface area contributed by atoms with E-state index in [1.165, 1.54) is 4.90 Å². The first-order valence-corrected chi connectivity index (χ1v) is 8.14. The van der Waals surface area contributed by atoms with Crippen molar-refractivity contribution in [2.24, 2.45) is 0 Å². The van der Waals surface area contributed by atoms with Gasteiger partial charge in [-0.15, -0.1) is 0 Å². The molecule has 1 aromatic heterocycles. The SMILES string of the molecule is CN(C)C(=O)[C@H](OC(=O)c1nc(Cl)c(Cl)c(N)c1Cl)c1ccccc1. The van der Waals surface area contributed by atoms with E-state index in [-0.39, 0.29) is 26.6 Å². The van der Waals surface area contributed by atoms with Crippen molar-refractivity contribution in [3.63, 3.8) is 0 Å². The van der Waals surface area contributed by atoms with Gasteiger partial charge in [0.15, 0.2) is 10.8 Å². The molecule has 0 saturated carbocycles. The second-order valence-corrected chi connectivity index (χ2v) is 6.34. The van der Waals surface area contributed by atoms with Crippen LogP contribution < -0.4 is 5.73 Å². The molecule has 0 aliphatic carbocycles. The monoisotopic (exact) mass is 401 g/mol. The highest BCUT2D eigenvalue weighted by atomic mass is 35.5. The Morgan fingerprint density at radius 1 is 1.12 bits per heavy atom. The quantitative estimate of drug-likeness (QED) is 0.624. The van der Waals surface area contributed by atoms with Gasteiger partial charge in [-0.25, -0.2) is 9.78 Å². The van der Waals surface area contributed by atoms with Crippen LogP contribution in [0.15, 0.2) is 30.3 Å². The van der Waals surface area contributed by atoms with Gasteiger partial charge in [0.25, 0.3) is 5.91 Å². The van der Waals surface area contributed by atoms with Crippen LogP contribution in [0.4, 0.5) is 5.69 Å². The minimum atomic E-state index is -1.17. The van der Waals surface area contributed by atoms with Crippen molar-refractivity contribution in [3.8, 4) is 0 Å². The number of aromatic nitrogens is 1. The van der Waals surface area contributed by atoms with Crippen molar-refractivity contribution in [1.82, 2.24) is 9.88 Å². The third-order valence-electron chi connectivity index (χ3n) is 3.26. The summed E-state index contributed by atoms with van der Waals surface area (Å²) in [4.78, 5) is 30.0. The lowest BCUT2D eigenvalue weighted by molar-refractivity contribution is -0.138. The van der Waals surface area contributed by atoms with Gasteiger partial charge in [0, 0.05) is 19.7 Å². The fourth-order valence-electron chi connectivity index (χ4n) is 1.95. The zero-order valence-electron chi connectivity index (χ0n) is 13.3. The molecule has 0 spiro atoms. The molecule has 0 bridgehead atoms. The Bertz CT molecular complexity index is 813. The van der Waals surface area contributed by atoms with Crippen LogP contribution in [0.25, 0.3) is 0 Å². The Labute approximate surface area is 159 Å². The van der Waals surface area contributed by atoms with Gasteiger partial charge in [0.1, 0.15) is 5.02 Å². The highest BCUT2D eigenvalue weighted by Gasteiger charge is 2.29. The third kappa shape index (κ3) is 4.15. The standard InChI is InChI=1S/C16H14Cl3N3O3/c1-22(2)15(23)13(8-6-4-3-5-7-8)25-16(24)12-9(17)11(20)10(18)14(19)21-12/h3-7,13H,1-2H3,(H2,20,21)/t13-/m1/s1. The number of nitrogens with zero attached hydrogens (tertiary/aromatic N) is 2. The van der Waals surface area contributed by atoms with Crippen molar-refractivity contribution in [3.05, 3.63) is 56.8 Å². The van der Waals surface area contributed by atoms with Gasteiger partial charge in [-0.1, -0.05) is 65.1 Å². The van der Waals surface area contributed by atoms with E-state index < -0.39 is 18.0 Å². The molecule has 6 nitrogen and oxygen atoms in total. The van der Waals surface area contributed by atoms with Crippen LogP contribution in [-0.4, -0.2) is 35.9 Å². The molecule has 1 amide bonds. The lowest BCUT2D eigenvalue weighted by Crippen LogP contribution is -2.31. The van der Waals surface area contributed by atoms with Crippen LogP contribution >= 0.6 is 34.8 Å². The van der Waals surface area contributed by atoms with Crippen LogP contribution in [0.1, 0.15) is 22.2 Å². The van der Waals surface area contributed by atoms with E-state index in [1.54, 1.807) is 44.4 Å². The minimum absolute atomic E-state index is 0.0628. The first-order valence-electron chi connectivity index (χ1n) is 7.01. The fraction of sp³-hybridized carbons (Fsp3) is 0.188. The first-order chi connectivity index (χ1) is 11.7. The van der Waals surface area contributed by atoms with Gasteiger partial charge in [-0.2, -0.15) is 0 Å². The van der Waals surface area contributed by atoms with E-state index in [4.69, 9.17) is 45.3 Å². The summed E-state index contributed by atoms with van der Waals surface area (Å²) in [7, 11) is 3.10. The smallest absolute Gasteiger partial charge is 0.359 e. The predicted octanol–water partition coefficient (Wildman–Crippen LogP) is 3.61. The molecule has 0 fully saturated rings. The molecule has 2 rings (SSSR count). The number of likely N-dealkylation sites (N-methyl/N-ethyl adjacent to an activating group) is 1. The second kappa shape index (κ2) is 7.91. The molecule has 0 radical (unpaired) electrons. The molecule has 1 heterocycles. The molecule has 2 N–H and O–H groups in total. The molecule has 1 aromatic carbocycles. The lowest BCUT2D eigenvalue weighted by Gasteiger charge is -2.21. The van der Waals surface area contributed by atoms with Gasteiger partial charge >= 0.3 is 5.97 Å². The van der Waals surface area contributed by atoms with E-state index in [0.717, 1.165) is 0 Å². The summed E-state index contributed by atoms with van der Waals surface area (Å²) < 4.78 is 5.34. The number of carbonyl (C=O) groups is 2. The second-order valence-electron chi connectivity index (χ2n) is 5.22. The Hall–Kier alpha value is -2.02. The summed E-state index contributed by atoms with van der Waals surface area (Å²) >= 11 is 17.7. The molecular formula is C16H14Cl3N3O3. The van der Waals surface area contributed by atoms with Crippen LogP contribution in [0, 0.1) is 0 Å². The van der Waals surface area contributed by atoms with Gasteiger partial charge in [-0.3, -0.25) is 4.79 Å². The number of hydrogen-bond acceptors (Lipinski definition) is 5. The number of carbonyl (C=O) groups excluding carboxylic acids is 2. The minimum Gasteiger partial charge on any atom is -0.443 e. The Balaban J connectivity index is 2.40. The topological polar surface area (TPSA) is 85.5 Å². The summed E-state index contributed by atoms with van der Waals surface area (Å²) in [6, 6.07) is 8.55. The number of halogens is 3. The molecule has 25 heavy (non-hydrogen) atoms. The van der Waals surface area contributed by atoms with E-state index in [0.29, 0.717) is 5.56 Å². The summed E-state index contributed by atoms with van der Waals surface area (Å²) in [6.45, 7) is 0. The maximum atomic E-state index is 12.5. The number of nitrogen functional groups attached to an aromatic ring is 1.